The number of benzene rings is 2. The van der Waals surface area contributed by atoms with Gasteiger partial charge in [-0.2, -0.15) is 0 Å². The Bertz CT molecular complexity index is 1320. The molecule has 10 heteroatoms. The summed E-state index contributed by atoms with van der Waals surface area (Å²) in [6, 6.07) is 5.78. The number of H-pyrrole nitrogens is 1. The molecule has 0 radical (unpaired) electrons. The number of ether oxygens (including phenoxy) is 4. The van der Waals surface area contributed by atoms with Gasteiger partial charge in [0.25, 0.3) is 0 Å². The van der Waals surface area contributed by atoms with Crippen LogP contribution in [0.15, 0.2) is 29.3 Å². The van der Waals surface area contributed by atoms with Crippen LogP contribution in [0.5, 0.6) is 23.0 Å². The molecular weight excluding hydrogens is 446 g/mol. The van der Waals surface area contributed by atoms with Gasteiger partial charge >= 0.3 is 0 Å². The number of fused-ring (bicyclic) bond motifs is 3. The predicted molar refractivity (Wildman–Crippen MR) is 123 cm³/mol. The molecular formula is C23H27N3O6S. The Labute approximate surface area is 192 Å². The minimum Gasteiger partial charge on any atom is -0.497 e. The molecule has 0 fully saturated rings. The Morgan fingerprint density at radius 1 is 1.15 bits per heavy atom. The number of sulfonamides is 1. The number of aromatic nitrogens is 1. The molecule has 5 rings (SSSR count). The van der Waals surface area contributed by atoms with E-state index in [0.717, 1.165) is 39.9 Å². The van der Waals surface area contributed by atoms with Crippen molar-refractivity contribution in [3.8, 4) is 23.0 Å². The topological polar surface area (TPSA) is 102 Å². The van der Waals surface area contributed by atoms with Crippen LogP contribution in [0, 0.1) is 0 Å². The summed E-state index contributed by atoms with van der Waals surface area (Å²) in [5, 5.41) is 1.01. The number of nitrogens with one attached hydrogen (secondary N) is 2. The summed E-state index contributed by atoms with van der Waals surface area (Å²) in [5.74, 6) is 1.90. The second-order valence-corrected chi connectivity index (χ2v) is 9.95. The summed E-state index contributed by atoms with van der Waals surface area (Å²) < 4.78 is 52.0. The first-order valence-electron chi connectivity index (χ1n) is 10.8. The van der Waals surface area contributed by atoms with Crippen molar-refractivity contribution in [2.45, 2.75) is 24.3 Å². The highest BCUT2D eigenvalue weighted by molar-refractivity contribution is 7.89. The molecule has 1 aromatic heterocycles. The summed E-state index contributed by atoms with van der Waals surface area (Å²) in [7, 11) is 1.33. The lowest BCUT2D eigenvalue weighted by molar-refractivity contribution is 0.169. The fraction of sp³-hybridized carbons (Fsp3) is 0.391. The number of nitrogens with zero attached hydrogens (tertiary/aromatic N) is 1. The Morgan fingerprint density at radius 3 is 2.76 bits per heavy atom. The first-order chi connectivity index (χ1) is 15.9. The lowest BCUT2D eigenvalue weighted by atomic mass is 9.97. The van der Waals surface area contributed by atoms with Crippen LogP contribution >= 0.6 is 0 Å². The largest absolute Gasteiger partial charge is 0.497 e. The van der Waals surface area contributed by atoms with Crippen molar-refractivity contribution in [1.29, 1.82) is 0 Å². The standard InChI is InChI=1S/C23H27N3O6S/c1-26-9-7-16-18(12-26)20(30-3)21-22(32-13-31-21)23(16)33(27,28)25-8-6-14-11-24-19-5-4-15(29-2)10-17(14)19/h4-5,10-11,24-25H,6-9,12-13H2,1-3H3. The number of methoxy groups -OCH3 is 2. The predicted octanol–water partition coefficient (Wildman–Crippen LogP) is 2.42. The van der Waals surface area contributed by atoms with Crippen molar-refractivity contribution in [2.75, 3.05) is 41.1 Å². The highest BCUT2D eigenvalue weighted by Crippen LogP contribution is 2.51. The molecule has 0 unspecified atom stereocenters. The summed E-state index contributed by atoms with van der Waals surface area (Å²) in [6.07, 6.45) is 3.00. The molecule has 33 heavy (non-hydrogen) atoms. The lowest BCUT2D eigenvalue weighted by Gasteiger charge is -2.29. The molecule has 0 aliphatic carbocycles. The molecule has 3 aromatic rings. The molecule has 0 spiro atoms. The molecule has 3 heterocycles. The van der Waals surface area contributed by atoms with Gasteiger partial charge in [-0.15, -0.1) is 0 Å². The van der Waals surface area contributed by atoms with Crippen LogP contribution in [-0.4, -0.2) is 59.5 Å². The van der Waals surface area contributed by atoms with Gasteiger partial charge in [0.05, 0.1) is 14.2 Å². The minimum atomic E-state index is -3.85. The number of likely N-dealkylation sites (N-methyl/N-ethyl adjacent to an activating group) is 1. The molecule has 176 valence electrons. The van der Waals surface area contributed by atoms with E-state index in [1.54, 1.807) is 14.2 Å². The Kier molecular flexibility index (Phi) is 5.59. The molecule has 2 aromatic carbocycles. The van der Waals surface area contributed by atoms with Crippen LogP contribution in [0.2, 0.25) is 0 Å². The molecule has 9 nitrogen and oxygen atoms in total. The van der Waals surface area contributed by atoms with Gasteiger partial charge in [0.15, 0.2) is 11.5 Å². The zero-order valence-electron chi connectivity index (χ0n) is 18.9. The first kappa shape index (κ1) is 21.9. The first-order valence-corrected chi connectivity index (χ1v) is 12.2. The summed E-state index contributed by atoms with van der Waals surface area (Å²) in [5.41, 5.74) is 3.55. The van der Waals surface area contributed by atoms with Gasteiger partial charge in [-0.25, -0.2) is 13.1 Å². The summed E-state index contributed by atoms with van der Waals surface area (Å²) >= 11 is 0. The third-order valence-corrected chi connectivity index (χ3v) is 7.80. The van der Waals surface area contributed by atoms with E-state index in [9.17, 15) is 8.42 Å². The lowest BCUT2D eigenvalue weighted by Crippen LogP contribution is -2.32. The Morgan fingerprint density at radius 2 is 1.97 bits per heavy atom. The van der Waals surface area contributed by atoms with Gasteiger partial charge in [-0.05, 0) is 49.2 Å². The number of hydrogen-bond donors (Lipinski definition) is 2. The van der Waals surface area contributed by atoms with E-state index in [0.29, 0.717) is 30.9 Å². The Balaban J connectivity index is 1.45. The maximum Gasteiger partial charge on any atom is 0.244 e. The van der Waals surface area contributed by atoms with E-state index in [4.69, 9.17) is 18.9 Å². The third-order valence-electron chi connectivity index (χ3n) is 6.24. The van der Waals surface area contributed by atoms with E-state index in [1.165, 1.54) is 0 Å². The molecule has 0 saturated heterocycles. The average Bonchev–Trinajstić information content (AvgIpc) is 3.44. The number of rotatable bonds is 7. The van der Waals surface area contributed by atoms with Crippen molar-refractivity contribution in [1.82, 2.24) is 14.6 Å². The van der Waals surface area contributed by atoms with Gasteiger partial charge < -0.3 is 28.8 Å². The monoisotopic (exact) mass is 473 g/mol. The zero-order valence-corrected chi connectivity index (χ0v) is 19.7. The van der Waals surface area contributed by atoms with Gasteiger partial charge in [0, 0.05) is 42.3 Å². The van der Waals surface area contributed by atoms with Crippen LogP contribution in [0.1, 0.15) is 16.7 Å². The maximum absolute atomic E-state index is 13.5. The van der Waals surface area contributed by atoms with E-state index in [2.05, 4.69) is 14.6 Å². The molecule has 2 N–H and O–H groups in total. The number of hydrogen-bond acceptors (Lipinski definition) is 7. The molecule has 0 saturated carbocycles. The average molecular weight is 474 g/mol. The minimum absolute atomic E-state index is 0.0376. The van der Waals surface area contributed by atoms with E-state index >= 15 is 0 Å². The van der Waals surface area contributed by atoms with Gasteiger partial charge in [-0.3, -0.25) is 0 Å². The van der Waals surface area contributed by atoms with Crippen LogP contribution in [-0.2, 0) is 29.4 Å². The maximum atomic E-state index is 13.5. The highest BCUT2D eigenvalue weighted by Gasteiger charge is 2.37. The highest BCUT2D eigenvalue weighted by atomic mass is 32.2. The third kappa shape index (κ3) is 3.77. The van der Waals surface area contributed by atoms with Crippen molar-refractivity contribution >= 4 is 20.9 Å². The fourth-order valence-corrected chi connectivity index (χ4v) is 6.09. The molecule has 2 aliphatic rings. The van der Waals surface area contributed by atoms with E-state index in [1.807, 2.05) is 31.4 Å². The Hall–Kier alpha value is -2.95. The fourth-order valence-electron chi connectivity index (χ4n) is 4.63. The smallest absolute Gasteiger partial charge is 0.244 e. The van der Waals surface area contributed by atoms with Crippen molar-refractivity contribution in [2.24, 2.45) is 0 Å². The summed E-state index contributed by atoms with van der Waals surface area (Å²) in [4.78, 5) is 5.52. The second-order valence-electron chi connectivity index (χ2n) is 8.25. The van der Waals surface area contributed by atoms with Crippen molar-refractivity contribution in [3.63, 3.8) is 0 Å². The SMILES string of the molecule is COc1ccc2[nH]cc(CCNS(=O)(=O)c3c4c(c(OC)c5c3OCO5)CN(C)CC4)c2c1. The van der Waals surface area contributed by atoms with Crippen molar-refractivity contribution in [3.05, 3.63) is 41.1 Å². The summed E-state index contributed by atoms with van der Waals surface area (Å²) in [6.45, 7) is 1.53. The van der Waals surface area contributed by atoms with E-state index < -0.39 is 10.0 Å². The molecule has 0 bridgehead atoms. The molecule has 2 aliphatic heterocycles. The zero-order chi connectivity index (χ0) is 23.2. The number of aromatic amines is 1. The van der Waals surface area contributed by atoms with Crippen LogP contribution in [0.3, 0.4) is 0 Å². The molecule has 0 atom stereocenters. The van der Waals surface area contributed by atoms with Crippen LogP contribution in [0.4, 0.5) is 0 Å². The van der Waals surface area contributed by atoms with Crippen LogP contribution in [0.25, 0.3) is 10.9 Å². The van der Waals surface area contributed by atoms with E-state index in [-0.39, 0.29) is 24.0 Å². The van der Waals surface area contributed by atoms with Crippen molar-refractivity contribution < 1.29 is 27.4 Å². The quantitative estimate of drug-likeness (QED) is 0.543. The van der Waals surface area contributed by atoms with Gasteiger partial charge in [0.2, 0.25) is 22.6 Å². The van der Waals surface area contributed by atoms with Gasteiger partial charge in [0.1, 0.15) is 10.6 Å². The second kappa shape index (κ2) is 8.44. The van der Waals surface area contributed by atoms with Gasteiger partial charge in [-0.1, -0.05) is 0 Å². The molecule has 0 amide bonds. The normalized spacial score (nSPS) is 15.6. The van der Waals surface area contributed by atoms with Crippen LogP contribution < -0.4 is 23.7 Å².